The lowest BCUT2D eigenvalue weighted by atomic mass is 9.65. The Hall–Kier alpha value is -3.40. The van der Waals surface area contributed by atoms with Crippen LogP contribution in [0.3, 0.4) is 0 Å². The van der Waals surface area contributed by atoms with Crippen molar-refractivity contribution in [3.05, 3.63) is 101 Å². The number of carbonyl (C=O) groups excluding carboxylic acids is 1. The first-order valence-electron chi connectivity index (χ1n) is 10.1. The van der Waals surface area contributed by atoms with Gasteiger partial charge in [0.05, 0.1) is 11.1 Å². The van der Waals surface area contributed by atoms with Gasteiger partial charge in [-0.05, 0) is 49.6 Å². The Morgan fingerprint density at radius 3 is 2.03 bits per heavy atom. The van der Waals surface area contributed by atoms with E-state index in [2.05, 4.69) is 25.1 Å². The van der Waals surface area contributed by atoms with Crippen LogP contribution >= 0.6 is 0 Å². The van der Waals surface area contributed by atoms with Gasteiger partial charge in [0.1, 0.15) is 0 Å². The van der Waals surface area contributed by atoms with E-state index in [1.807, 2.05) is 50.2 Å². The average molecular weight is 399 g/mol. The zero-order chi connectivity index (χ0) is 21.5. The Morgan fingerprint density at radius 1 is 0.800 bits per heavy atom. The molecule has 0 fully saturated rings. The van der Waals surface area contributed by atoms with E-state index in [1.165, 1.54) is 11.6 Å². The van der Waals surface area contributed by atoms with Crippen molar-refractivity contribution in [3.8, 4) is 0 Å². The number of amides is 1. The normalized spacial score (nSPS) is 19.8. The maximum absolute atomic E-state index is 13.7. The summed E-state index contributed by atoms with van der Waals surface area (Å²) >= 11 is 0. The largest absolute Gasteiger partial charge is 0.478 e. The summed E-state index contributed by atoms with van der Waals surface area (Å²) in [6.45, 7) is 6.31. The zero-order valence-corrected chi connectivity index (χ0v) is 17.4. The highest BCUT2D eigenvalue weighted by Gasteiger charge is 2.48. The molecule has 1 amide bonds. The highest BCUT2D eigenvalue weighted by Crippen LogP contribution is 2.50. The van der Waals surface area contributed by atoms with E-state index in [1.54, 1.807) is 23.1 Å². The Morgan fingerprint density at radius 2 is 1.37 bits per heavy atom. The molecule has 152 valence electrons. The van der Waals surface area contributed by atoms with E-state index in [4.69, 9.17) is 0 Å². The molecule has 4 heteroatoms. The van der Waals surface area contributed by atoms with Gasteiger partial charge < -0.3 is 10.0 Å². The van der Waals surface area contributed by atoms with Crippen LogP contribution in [-0.4, -0.2) is 22.5 Å². The predicted octanol–water partition coefficient (Wildman–Crippen LogP) is 5.52. The third-order valence-electron chi connectivity index (χ3n) is 6.13. The first kappa shape index (κ1) is 19.9. The van der Waals surface area contributed by atoms with Crippen molar-refractivity contribution in [2.75, 3.05) is 4.90 Å². The SMILES string of the molecule is CC1(C)C[C@@](C)(c2ccccc2)c2ccccc2N1C(=O)c1ccccc1C(=O)O. The number of hydrogen-bond acceptors (Lipinski definition) is 2. The average Bonchev–Trinajstić information content (AvgIpc) is 2.73. The molecule has 0 radical (unpaired) electrons. The molecular weight excluding hydrogens is 374 g/mol. The first-order chi connectivity index (χ1) is 14.3. The van der Waals surface area contributed by atoms with Gasteiger partial charge in [0, 0.05) is 16.6 Å². The molecule has 1 atom stereocenters. The van der Waals surface area contributed by atoms with Gasteiger partial charge >= 0.3 is 5.97 Å². The fourth-order valence-corrected chi connectivity index (χ4v) is 4.93. The molecule has 3 aromatic rings. The number of anilines is 1. The topological polar surface area (TPSA) is 57.6 Å². The quantitative estimate of drug-likeness (QED) is 0.631. The number of aromatic carboxylic acids is 1. The standard InChI is InChI=1S/C26H25NO3/c1-25(2)17-26(3,18-11-5-4-6-12-18)21-15-9-10-16-22(21)27(25)23(28)19-13-7-8-14-20(19)24(29)30/h4-16H,17H2,1-3H3,(H,29,30)/t26-/m0/s1. The summed E-state index contributed by atoms with van der Waals surface area (Å²) in [6.07, 6.45) is 0.710. The van der Waals surface area contributed by atoms with E-state index in [0.29, 0.717) is 6.42 Å². The summed E-state index contributed by atoms with van der Waals surface area (Å²) in [7, 11) is 0. The number of carboxylic acid groups (broad SMARTS) is 1. The molecule has 0 aliphatic carbocycles. The summed E-state index contributed by atoms with van der Waals surface area (Å²) in [5, 5.41) is 9.60. The molecular formula is C26H25NO3. The van der Waals surface area contributed by atoms with E-state index in [-0.39, 0.29) is 22.4 Å². The van der Waals surface area contributed by atoms with Crippen molar-refractivity contribution >= 4 is 17.6 Å². The van der Waals surface area contributed by atoms with Crippen LogP contribution in [0, 0.1) is 0 Å². The molecule has 0 aromatic heterocycles. The molecule has 4 nitrogen and oxygen atoms in total. The summed E-state index contributed by atoms with van der Waals surface area (Å²) in [4.78, 5) is 27.2. The predicted molar refractivity (Wildman–Crippen MR) is 118 cm³/mol. The summed E-state index contributed by atoms with van der Waals surface area (Å²) in [5.41, 5.74) is 2.51. The van der Waals surface area contributed by atoms with Gasteiger partial charge in [-0.1, -0.05) is 67.6 Å². The zero-order valence-electron chi connectivity index (χ0n) is 17.4. The number of carboxylic acids is 1. The Kier molecular flexibility index (Phi) is 4.73. The Labute approximate surface area is 176 Å². The van der Waals surface area contributed by atoms with Gasteiger partial charge in [0.15, 0.2) is 0 Å². The molecule has 1 aliphatic rings. The minimum atomic E-state index is -1.10. The number of hydrogen-bond donors (Lipinski definition) is 1. The van der Waals surface area contributed by atoms with Crippen LogP contribution in [0.4, 0.5) is 5.69 Å². The van der Waals surface area contributed by atoms with Gasteiger partial charge in [0.2, 0.25) is 0 Å². The first-order valence-corrected chi connectivity index (χ1v) is 10.1. The summed E-state index contributed by atoms with van der Waals surface area (Å²) in [5.74, 6) is -1.39. The van der Waals surface area contributed by atoms with Gasteiger partial charge in [-0.25, -0.2) is 4.79 Å². The molecule has 1 heterocycles. The second kappa shape index (κ2) is 7.13. The lowest BCUT2D eigenvalue weighted by molar-refractivity contribution is 0.0691. The second-order valence-corrected chi connectivity index (χ2v) is 8.70. The number of rotatable bonds is 3. The molecule has 1 aliphatic heterocycles. The molecule has 4 rings (SSSR count). The number of carbonyl (C=O) groups is 2. The van der Waals surface area contributed by atoms with Crippen molar-refractivity contribution in [1.29, 1.82) is 0 Å². The van der Waals surface area contributed by atoms with E-state index in [9.17, 15) is 14.7 Å². The molecule has 0 saturated heterocycles. The monoisotopic (exact) mass is 399 g/mol. The number of para-hydroxylation sites is 1. The van der Waals surface area contributed by atoms with Gasteiger partial charge in [0.25, 0.3) is 5.91 Å². The van der Waals surface area contributed by atoms with Gasteiger partial charge in [-0.2, -0.15) is 0 Å². The van der Waals surface area contributed by atoms with E-state index in [0.717, 1.165) is 11.3 Å². The highest BCUT2D eigenvalue weighted by atomic mass is 16.4. The number of benzene rings is 3. The van der Waals surface area contributed by atoms with Crippen LogP contribution in [0.2, 0.25) is 0 Å². The molecule has 0 saturated carbocycles. The minimum Gasteiger partial charge on any atom is -0.478 e. The molecule has 0 spiro atoms. The van der Waals surface area contributed by atoms with Crippen molar-refractivity contribution < 1.29 is 14.7 Å². The van der Waals surface area contributed by atoms with E-state index < -0.39 is 11.5 Å². The molecule has 0 bridgehead atoms. The minimum absolute atomic E-state index is 0.0205. The van der Waals surface area contributed by atoms with Crippen LogP contribution in [0.5, 0.6) is 0 Å². The van der Waals surface area contributed by atoms with Crippen molar-refractivity contribution in [2.24, 2.45) is 0 Å². The third kappa shape index (κ3) is 3.09. The van der Waals surface area contributed by atoms with Crippen LogP contribution in [0.25, 0.3) is 0 Å². The van der Waals surface area contributed by atoms with Crippen LogP contribution in [0.15, 0.2) is 78.9 Å². The van der Waals surface area contributed by atoms with Crippen LogP contribution in [-0.2, 0) is 5.41 Å². The Bertz CT molecular complexity index is 1120. The number of nitrogens with zero attached hydrogens (tertiary/aromatic N) is 1. The van der Waals surface area contributed by atoms with Crippen molar-refractivity contribution in [1.82, 2.24) is 0 Å². The smallest absolute Gasteiger partial charge is 0.336 e. The van der Waals surface area contributed by atoms with Crippen molar-refractivity contribution in [3.63, 3.8) is 0 Å². The molecule has 30 heavy (non-hydrogen) atoms. The molecule has 0 unspecified atom stereocenters. The van der Waals surface area contributed by atoms with E-state index >= 15 is 0 Å². The van der Waals surface area contributed by atoms with Gasteiger partial charge in [-0.15, -0.1) is 0 Å². The van der Waals surface area contributed by atoms with Crippen LogP contribution in [0.1, 0.15) is 59.0 Å². The lowest BCUT2D eigenvalue weighted by Crippen LogP contribution is -2.56. The second-order valence-electron chi connectivity index (χ2n) is 8.70. The maximum Gasteiger partial charge on any atom is 0.336 e. The summed E-state index contributed by atoms with van der Waals surface area (Å²) in [6, 6.07) is 24.7. The Balaban J connectivity index is 1.91. The van der Waals surface area contributed by atoms with Crippen molar-refractivity contribution in [2.45, 2.75) is 38.1 Å². The third-order valence-corrected chi connectivity index (χ3v) is 6.13. The fraction of sp³-hybridized carbons (Fsp3) is 0.231. The maximum atomic E-state index is 13.7. The van der Waals surface area contributed by atoms with Crippen LogP contribution < -0.4 is 4.90 Å². The van der Waals surface area contributed by atoms with Gasteiger partial charge in [-0.3, -0.25) is 4.79 Å². The summed E-state index contributed by atoms with van der Waals surface area (Å²) < 4.78 is 0. The lowest BCUT2D eigenvalue weighted by Gasteiger charge is -2.51. The molecule has 3 aromatic carbocycles. The fourth-order valence-electron chi connectivity index (χ4n) is 4.93. The number of fused-ring (bicyclic) bond motifs is 1. The molecule has 1 N–H and O–H groups in total. The highest BCUT2D eigenvalue weighted by molar-refractivity contribution is 6.13.